The van der Waals surface area contributed by atoms with Crippen LogP contribution in [0.25, 0.3) is 51.1 Å². The summed E-state index contributed by atoms with van der Waals surface area (Å²) in [5.74, 6) is 0. The molecular weight excluding hydrogens is 414 g/mol. The van der Waals surface area contributed by atoms with E-state index < -0.39 is 0 Å². The summed E-state index contributed by atoms with van der Waals surface area (Å²) in [5, 5.41) is 11.6. The van der Waals surface area contributed by atoms with Gasteiger partial charge >= 0.3 is 0 Å². The second-order valence-electron chi connectivity index (χ2n) is 7.94. The van der Waals surface area contributed by atoms with Crippen LogP contribution in [-0.2, 0) is 0 Å². The number of thiophene rings is 2. The van der Waals surface area contributed by atoms with Crippen LogP contribution in [0.2, 0.25) is 0 Å². The van der Waals surface area contributed by atoms with Crippen molar-refractivity contribution in [2.24, 2.45) is 0 Å². The Balaban J connectivity index is 1.31. The summed E-state index contributed by atoms with van der Waals surface area (Å²) in [5.41, 5.74) is 2.26. The minimum absolute atomic E-state index is 1.13. The van der Waals surface area contributed by atoms with E-state index in [2.05, 4.69) is 102 Å². The highest BCUT2D eigenvalue weighted by Gasteiger charge is 2.09. The van der Waals surface area contributed by atoms with Gasteiger partial charge in [-0.05, 0) is 53.2 Å². The minimum Gasteiger partial charge on any atom is -0.355 e. The van der Waals surface area contributed by atoms with Crippen molar-refractivity contribution in [1.82, 2.24) is 0 Å². The lowest BCUT2D eigenvalue weighted by Crippen LogP contribution is -1.89. The first-order chi connectivity index (χ1) is 15.3. The molecule has 0 aliphatic carbocycles. The molecule has 0 bridgehead atoms. The van der Waals surface area contributed by atoms with Gasteiger partial charge in [0.25, 0.3) is 0 Å². The van der Waals surface area contributed by atoms with E-state index in [1.807, 2.05) is 22.7 Å². The number of hydrogen-bond donors (Lipinski definition) is 1. The number of benzene rings is 5. The van der Waals surface area contributed by atoms with Crippen molar-refractivity contribution >= 4 is 85.2 Å². The predicted molar refractivity (Wildman–Crippen MR) is 139 cm³/mol. The molecule has 2 heterocycles. The van der Waals surface area contributed by atoms with E-state index in [0.717, 1.165) is 11.4 Å². The van der Waals surface area contributed by atoms with Crippen LogP contribution in [0, 0.1) is 0 Å². The summed E-state index contributed by atoms with van der Waals surface area (Å²) < 4.78 is 5.32. The zero-order valence-corrected chi connectivity index (χ0v) is 18.2. The molecule has 2 aromatic heterocycles. The van der Waals surface area contributed by atoms with Gasteiger partial charge in [-0.2, -0.15) is 0 Å². The number of anilines is 2. The number of nitrogens with one attached hydrogen (secondary N) is 1. The maximum Gasteiger partial charge on any atom is 0.0398 e. The maximum atomic E-state index is 3.62. The van der Waals surface area contributed by atoms with Gasteiger partial charge < -0.3 is 5.32 Å². The van der Waals surface area contributed by atoms with Crippen molar-refractivity contribution in [1.29, 1.82) is 0 Å². The third-order valence-corrected chi connectivity index (χ3v) is 8.26. The van der Waals surface area contributed by atoms with E-state index in [4.69, 9.17) is 0 Å². The van der Waals surface area contributed by atoms with E-state index in [0.29, 0.717) is 0 Å². The Morgan fingerprint density at radius 2 is 0.968 bits per heavy atom. The Hall–Kier alpha value is -3.40. The van der Waals surface area contributed by atoms with Crippen LogP contribution in [0.15, 0.2) is 97.1 Å². The average molecular weight is 432 g/mol. The van der Waals surface area contributed by atoms with Gasteiger partial charge in [0.05, 0.1) is 0 Å². The molecule has 0 spiro atoms. The summed E-state index contributed by atoms with van der Waals surface area (Å²) in [6.07, 6.45) is 0. The van der Waals surface area contributed by atoms with Gasteiger partial charge in [-0.3, -0.25) is 0 Å². The Morgan fingerprint density at radius 1 is 0.419 bits per heavy atom. The summed E-state index contributed by atoms with van der Waals surface area (Å²) >= 11 is 3.72. The standard InChI is InChI=1S/C28H17NS2/c1-2-6-18-14-26-24(13-17(18)5-1)23-12-10-20(16-28(23)31-26)29-19-9-11-22-21-7-3-4-8-25(21)30-27(22)15-19/h1-16,29H. The molecule has 7 rings (SSSR count). The third kappa shape index (κ3) is 2.74. The predicted octanol–water partition coefficient (Wildman–Crippen LogP) is 9.32. The van der Waals surface area contributed by atoms with Crippen molar-refractivity contribution in [2.45, 2.75) is 0 Å². The van der Waals surface area contributed by atoms with Crippen LogP contribution in [0.4, 0.5) is 11.4 Å². The first-order valence-electron chi connectivity index (χ1n) is 10.4. The molecule has 3 heteroatoms. The Morgan fingerprint density at radius 3 is 1.74 bits per heavy atom. The van der Waals surface area contributed by atoms with Crippen LogP contribution >= 0.6 is 22.7 Å². The summed E-state index contributed by atoms with van der Waals surface area (Å²) in [4.78, 5) is 0. The second-order valence-corrected chi connectivity index (χ2v) is 10.1. The van der Waals surface area contributed by atoms with Crippen LogP contribution in [0.5, 0.6) is 0 Å². The van der Waals surface area contributed by atoms with E-state index in [9.17, 15) is 0 Å². The Kier molecular flexibility index (Phi) is 3.65. The molecule has 7 aromatic rings. The monoisotopic (exact) mass is 431 g/mol. The average Bonchev–Trinajstić information content (AvgIpc) is 3.34. The van der Waals surface area contributed by atoms with Crippen molar-refractivity contribution < 1.29 is 0 Å². The third-order valence-electron chi connectivity index (χ3n) is 6.01. The van der Waals surface area contributed by atoms with Gasteiger partial charge in [0.2, 0.25) is 0 Å². The summed E-state index contributed by atoms with van der Waals surface area (Å²) in [7, 11) is 0. The maximum absolute atomic E-state index is 3.62. The molecule has 0 saturated carbocycles. The van der Waals surface area contributed by atoms with Gasteiger partial charge in [-0.15, -0.1) is 22.7 Å². The molecule has 146 valence electrons. The fourth-order valence-corrected chi connectivity index (χ4v) is 6.83. The van der Waals surface area contributed by atoms with Crippen molar-refractivity contribution in [3.63, 3.8) is 0 Å². The van der Waals surface area contributed by atoms with Crippen molar-refractivity contribution in [2.75, 3.05) is 5.32 Å². The Bertz CT molecular complexity index is 1770. The van der Waals surface area contributed by atoms with Crippen LogP contribution in [-0.4, -0.2) is 0 Å². The van der Waals surface area contributed by atoms with Gasteiger partial charge in [-0.25, -0.2) is 0 Å². The van der Waals surface area contributed by atoms with E-state index in [1.54, 1.807) is 0 Å². The molecule has 31 heavy (non-hydrogen) atoms. The Labute approximate surface area is 187 Å². The first kappa shape index (κ1) is 17.3. The molecular formula is C28H17NS2. The number of hydrogen-bond acceptors (Lipinski definition) is 3. The second kappa shape index (κ2) is 6.55. The normalized spacial score (nSPS) is 11.9. The smallest absolute Gasteiger partial charge is 0.0398 e. The molecule has 0 saturated heterocycles. The van der Waals surface area contributed by atoms with Crippen LogP contribution in [0.3, 0.4) is 0 Å². The minimum atomic E-state index is 1.13. The molecule has 0 aliphatic rings. The molecule has 0 unspecified atom stereocenters. The van der Waals surface area contributed by atoms with Gasteiger partial charge in [0.15, 0.2) is 0 Å². The SMILES string of the molecule is c1ccc2cc3c(cc2c1)sc1cc(Nc2ccc4c(c2)sc2ccccc24)ccc13. The van der Waals surface area contributed by atoms with Gasteiger partial charge in [-0.1, -0.05) is 54.6 Å². The van der Waals surface area contributed by atoms with Gasteiger partial charge in [0.1, 0.15) is 0 Å². The fourth-order valence-electron chi connectivity index (χ4n) is 4.51. The van der Waals surface area contributed by atoms with E-state index in [-0.39, 0.29) is 0 Å². The molecule has 1 nitrogen and oxygen atoms in total. The largest absolute Gasteiger partial charge is 0.355 e. The number of rotatable bonds is 2. The molecule has 5 aromatic carbocycles. The zero-order chi connectivity index (χ0) is 20.4. The lowest BCUT2D eigenvalue weighted by molar-refractivity contribution is 1.61. The van der Waals surface area contributed by atoms with E-state index in [1.165, 1.54) is 51.1 Å². The summed E-state index contributed by atoms with van der Waals surface area (Å²) in [6.45, 7) is 0. The fraction of sp³-hybridized carbons (Fsp3) is 0. The molecule has 0 amide bonds. The highest BCUT2D eigenvalue weighted by Crippen LogP contribution is 2.39. The summed E-state index contributed by atoms with van der Waals surface area (Å²) in [6, 6.07) is 35.3. The highest BCUT2D eigenvalue weighted by molar-refractivity contribution is 7.26. The van der Waals surface area contributed by atoms with Crippen molar-refractivity contribution in [3.05, 3.63) is 97.1 Å². The molecule has 0 atom stereocenters. The highest BCUT2D eigenvalue weighted by atomic mass is 32.1. The molecule has 0 radical (unpaired) electrons. The molecule has 0 aliphatic heterocycles. The van der Waals surface area contributed by atoms with Crippen LogP contribution < -0.4 is 5.32 Å². The van der Waals surface area contributed by atoms with Crippen LogP contribution in [0.1, 0.15) is 0 Å². The first-order valence-corrected chi connectivity index (χ1v) is 12.0. The molecule has 0 fully saturated rings. The topological polar surface area (TPSA) is 12.0 Å². The van der Waals surface area contributed by atoms with Gasteiger partial charge in [0, 0.05) is 51.7 Å². The molecule has 1 N–H and O–H groups in total. The zero-order valence-electron chi connectivity index (χ0n) is 16.6. The number of fused-ring (bicyclic) bond motifs is 7. The van der Waals surface area contributed by atoms with Crippen molar-refractivity contribution in [3.8, 4) is 0 Å². The quantitative estimate of drug-likeness (QED) is 0.287. The lowest BCUT2D eigenvalue weighted by Gasteiger charge is -2.07. The van der Waals surface area contributed by atoms with E-state index >= 15 is 0 Å². The lowest BCUT2D eigenvalue weighted by atomic mass is 10.1.